The van der Waals surface area contributed by atoms with Crippen LogP contribution in [0.15, 0.2) is 23.1 Å². The second-order valence-electron chi connectivity index (χ2n) is 4.41. The maximum absolute atomic E-state index is 13.6. The Kier molecular flexibility index (Phi) is 4.17. The van der Waals surface area contributed by atoms with Crippen LogP contribution in [0.2, 0.25) is 0 Å². The van der Waals surface area contributed by atoms with Crippen LogP contribution < -0.4 is 0 Å². The van der Waals surface area contributed by atoms with E-state index in [9.17, 15) is 17.2 Å². The molecule has 0 bridgehead atoms. The molecule has 106 valence electrons. The Labute approximate surface area is 111 Å². The molecule has 0 N–H and O–H groups in total. The number of hydrogen-bond acceptors (Lipinski definition) is 3. The average molecular weight is 291 g/mol. The van der Waals surface area contributed by atoms with E-state index in [-0.39, 0.29) is 19.2 Å². The fraction of sp³-hybridized carbons (Fsp3) is 0.500. The fourth-order valence-electron chi connectivity index (χ4n) is 2.12. The smallest absolute Gasteiger partial charge is 0.246 e. The topological polar surface area (TPSA) is 46.6 Å². The SMILES string of the molecule is COC1CCN(S(=O)(=O)c2cc(F)ccc2F)CC1. The van der Waals surface area contributed by atoms with Gasteiger partial charge in [0, 0.05) is 20.2 Å². The average Bonchev–Trinajstić information content (AvgIpc) is 2.41. The van der Waals surface area contributed by atoms with Crippen molar-refractivity contribution in [3.05, 3.63) is 29.8 Å². The zero-order valence-corrected chi connectivity index (χ0v) is 11.3. The number of nitrogens with zero attached hydrogens (tertiary/aromatic N) is 1. The van der Waals surface area contributed by atoms with E-state index in [2.05, 4.69) is 0 Å². The molecular weight excluding hydrogens is 276 g/mol. The van der Waals surface area contributed by atoms with Gasteiger partial charge in [-0.15, -0.1) is 0 Å². The van der Waals surface area contributed by atoms with Crippen LogP contribution in [0, 0.1) is 11.6 Å². The second-order valence-corrected chi connectivity index (χ2v) is 6.32. The van der Waals surface area contributed by atoms with Gasteiger partial charge in [0.25, 0.3) is 0 Å². The molecule has 0 radical (unpaired) electrons. The Morgan fingerprint density at radius 3 is 2.47 bits per heavy atom. The standard InChI is InChI=1S/C12H15F2NO3S/c1-18-10-4-6-15(7-5-10)19(16,17)12-8-9(13)2-3-11(12)14/h2-3,8,10H,4-7H2,1H3. The molecule has 1 aromatic rings. The molecule has 0 amide bonds. The summed E-state index contributed by atoms with van der Waals surface area (Å²) < 4.78 is 57.4. The lowest BCUT2D eigenvalue weighted by atomic mass is 10.1. The summed E-state index contributed by atoms with van der Waals surface area (Å²) in [6.07, 6.45) is 1.11. The van der Waals surface area contributed by atoms with E-state index in [1.54, 1.807) is 7.11 Å². The van der Waals surface area contributed by atoms with Crippen LogP contribution in [0.1, 0.15) is 12.8 Å². The first-order chi connectivity index (χ1) is 8.95. The zero-order valence-electron chi connectivity index (χ0n) is 10.5. The van der Waals surface area contributed by atoms with E-state index in [4.69, 9.17) is 4.74 Å². The number of piperidine rings is 1. The maximum Gasteiger partial charge on any atom is 0.246 e. The predicted molar refractivity (Wildman–Crippen MR) is 65.1 cm³/mol. The lowest BCUT2D eigenvalue weighted by Gasteiger charge is -2.30. The second kappa shape index (κ2) is 5.52. The van der Waals surface area contributed by atoms with Crippen LogP contribution in [0.4, 0.5) is 8.78 Å². The van der Waals surface area contributed by atoms with Gasteiger partial charge in [-0.2, -0.15) is 4.31 Å². The lowest BCUT2D eigenvalue weighted by molar-refractivity contribution is 0.0604. The van der Waals surface area contributed by atoms with Gasteiger partial charge in [-0.25, -0.2) is 17.2 Å². The number of halogens is 2. The molecule has 1 heterocycles. The summed E-state index contributed by atoms with van der Waals surface area (Å²) in [6.45, 7) is 0.494. The highest BCUT2D eigenvalue weighted by Crippen LogP contribution is 2.24. The Morgan fingerprint density at radius 2 is 1.89 bits per heavy atom. The molecular formula is C12H15F2NO3S. The molecule has 19 heavy (non-hydrogen) atoms. The van der Waals surface area contributed by atoms with Gasteiger partial charge in [0.05, 0.1) is 6.10 Å². The van der Waals surface area contributed by atoms with Gasteiger partial charge >= 0.3 is 0 Å². The molecule has 7 heteroatoms. The first kappa shape index (κ1) is 14.4. The molecule has 0 atom stereocenters. The number of sulfonamides is 1. The molecule has 0 aromatic heterocycles. The third-order valence-electron chi connectivity index (χ3n) is 3.25. The van der Waals surface area contributed by atoms with Gasteiger partial charge in [0.2, 0.25) is 10.0 Å². The minimum absolute atomic E-state index is 0.0174. The van der Waals surface area contributed by atoms with E-state index in [0.29, 0.717) is 18.9 Å². The number of benzene rings is 1. The van der Waals surface area contributed by atoms with Gasteiger partial charge in [0.1, 0.15) is 16.5 Å². The van der Waals surface area contributed by atoms with Crippen molar-refractivity contribution >= 4 is 10.0 Å². The van der Waals surface area contributed by atoms with Crippen LogP contribution >= 0.6 is 0 Å². The summed E-state index contributed by atoms with van der Waals surface area (Å²) in [6, 6.07) is 2.43. The van der Waals surface area contributed by atoms with Crippen LogP contribution in [0.3, 0.4) is 0 Å². The molecule has 0 aliphatic carbocycles. The lowest BCUT2D eigenvalue weighted by Crippen LogP contribution is -2.40. The molecule has 1 aromatic carbocycles. The summed E-state index contributed by atoms with van der Waals surface area (Å²) in [5, 5.41) is 0. The molecule has 2 rings (SSSR count). The third-order valence-corrected chi connectivity index (χ3v) is 5.16. The van der Waals surface area contributed by atoms with E-state index in [0.717, 1.165) is 12.1 Å². The highest BCUT2D eigenvalue weighted by molar-refractivity contribution is 7.89. The third kappa shape index (κ3) is 2.93. The van der Waals surface area contributed by atoms with Crippen molar-refractivity contribution in [3.63, 3.8) is 0 Å². The van der Waals surface area contributed by atoms with Crippen molar-refractivity contribution in [2.45, 2.75) is 23.8 Å². The van der Waals surface area contributed by atoms with Gasteiger partial charge in [-0.3, -0.25) is 0 Å². The van der Waals surface area contributed by atoms with E-state index >= 15 is 0 Å². The summed E-state index contributed by atoms with van der Waals surface area (Å²) in [4.78, 5) is -0.608. The number of hydrogen-bond donors (Lipinski definition) is 0. The number of methoxy groups -OCH3 is 1. The largest absolute Gasteiger partial charge is 0.381 e. The quantitative estimate of drug-likeness (QED) is 0.852. The summed E-state index contributed by atoms with van der Waals surface area (Å²) in [5.74, 6) is -1.71. The van der Waals surface area contributed by atoms with E-state index in [1.165, 1.54) is 4.31 Å². The normalized spacial score (nSPS) is 18.7. The monoisotopic (exact) mass is 291 g/mol. The van der Waals surface area contributed by atoms with Crippen LogP contribution in [-0.2, 0) is 14.8 Å². The zero-order chi connectivity index (χ0) is 14.0. The highest BCUT2D eigenvalue weighted by atomic mass is 32.2. The highest BCUT2D eigenvalue weighted by Gasteiger charge is 2.31. The first-order valence-corrected chi connectivity index (χ1v) is 7.37. The van der Waals surface area contributed by atoms with Gasteiger partial charge in [0.15, 0.2) is 0 Å². The van der Waals surface area contributed by atoms with Crippen molar-refractivity contribution in [2.24, 2.45) is 0 Å². The van der Waals surface area contributed by atoms with Crippen molar-refractivity contribution in [1.29, 1.82) is 0 Å². The van der Waals surface area contributed by atoms with Crippen molar-refractivity contribution in [3.8, 4) is 0 Å². The first-order valence-electron chi connectivity index (χ1n) is 5.93. The van der Waals surface area contributed by atoms with Crippen LogP contribution in [0.5, 0.6) is 0 Å². The summed E-state index contributed by atoms with van der Waals surface area (Å²) in [7, 11) is -2.41. The number of rotatable bonds is 3. The van der Waals surface area contributed by atoms with E-state index < -0.39 is 26.6 Å². The molecule has 1 saturated heterocycles. The summed E-state index contributed by atoms with van der Waals surface area (Å²) in [5.41, 5.74) is 0. The summed E-state index contributed by atoms with van der Waals surface area (Å²) >= 11 is 0. The Morgan fingerprint density at radius 1 is 1.26 bits per heavy atom. The minimum Gasteiger partial charge on any atom is -0.381 e. The Bertz CT molecular complexity index is 554. The maximum atomic E-state index is 13.6. The molecule has 0 saturated carbocycles. The van der Waals surface area contributed by atoms with Crippen molar-refractivity contribution in [1.82, 2.24) is 4.31 Å². The molecule has 4 nitrogen and oxygen atoms in total. The van der Waals surface area contributed by atoms with Crippen molar-refractivity contribution < 1.29 is 21.9 Å². The minimum atomic E-state index is -3.98. The van der Waals surface area contributed by atoms with Crippen LogP contribution in [-0.4, -0.2) is 39.0 Å². The van der Waals surface area contributed by atoms with Crippen LogP contribution in [0.25, 0.3) is 0 Å². The van der Waals surface area contributed by atoms with E-state index in [1.807, 2.05) is 0 Å². The Balaban J connectivity index is 2.26. The van der Waals surface area contributed by atoms with Gasteiger partial charge < -0.3 is 4.74 Å². The number of ether oxygens (including phenoxy) is 1. The molecule has 1 fully saturated rings. The Hall–Kier alpha value is -1.05. The molecule has 0 unspecified atom stereocenters. The van der Waals surface area contributed by atoms with Gasteiger partial charge in [-0.1, -0.05) is 0 Å². The fourth-order valence-corrected chi connectivity index (χ4v) is 3.67. The molecule has 0 spiro atoms. The molecule has 1 aliphatic heterocycles. The molecule has 1 aliphatic rings. The van der Waals surface area contributed by atoms with Gasteiger partial charge in [-0.05, 0) is 31.0 Å². The van der Waals surface area contributed by atoms with Crippen molar-refractivity contribution in [2.75, 3.05) is 20.2 Å². The predicted octanol–water partition coefficient (Wildman–Crippen LogP) is 1.76.